The van der Waals surface area contributed by atoms with Gasteiger partial charge >= 0.3 is 0 Å². The number of hydrogen-bond donors (Lipinski definition) is 0. The minimum atomic E-state index is -0.333. The zero-order valence-electron chi connectivity index (χ0n) is 8.67. The van der Waals surface area contributed by atoms with Gasteiger partial charge in [-0.2, -0.15) is 0 Å². The van der Waals surface area contributed by atoms with Crippen LogP contribution in [0.4, 0.5) is 4.39 Å². The fraction of sp³-hybridized carbons (Fsp3) is 0.167. The lowest BCUT2D eigenvalue weighted by Gasteiger charge is -2.04. The van der Waals surface area contributed by atoms with Gasteiger partial charge in [0.2, 0.25) is 0 Å². The number of hydrogen-bond acceptors (Lipinski definition) is 2. The Bertz CT molecular complexity index is 473. The van der Waals surface area contributed by atoms with Crippen LogP contribution in [-0.4, -0.2) is 0 Å². The molecule has 0 atom stereocenters. The molecule has 84 valence electrons. The highest BCUT2D eigenvalue weighted by molar-refractivity contribution is 9.10. The molecule has 2 aromatic rings. The van der Waals surface area contributed by atoms with Crippen molar-refractivity contribution in [1.29, 1.82) is 0 Å². The first-order chi connectivity index (χ1) is 7.63. The average molecular weight is 285 g/mol. The Hall–Kier alpha value is -1.29. The van der Waals surface area contributed by atoms with E-state index in [1.807, 2.05) is 19.1 Å². The second-order valence-corrected chi connectivity index (χ2v) is 4.32. The summed E-state index contributed by atoms with van der Waals surface area (Å²) in [5.41, 5.74) is 0. The third-order valence-corrected chi connectivity index (χ3v) is 2.47. The van der Waals surface area contributed by atoms with Crippen LogP contribution in [0.1, 0.15) is 11.5 Å². The number of ether oxygens (including phenoxy) is 1. The lowest BCUT2D eigenvalue weighted by molar-refractivity contribution is 0.266. The number of halogens is 2. The molecule has 0 unspecified atom stereocenters. The van der Waals surface area contributed by atoms with Gasteiger partial charge in [-0.15, -0.1) is 0 Å². The molecule has 0 radical (unpaired) electrons. The van der Waals surface area contributed by atoms with Crippen LogP contribution < -0.4 is 4.74 Å². The van der Waals surface area contributed by atoms with E-state index >= 15 is 0 Å². The van der Waals surface area contributed by atoms with Crippen LogP contribution >= 0.6 is 15.9 Å². The van der Waals surface area contributed by atoms with Crippen molar-refractivity contribution in [3.05, 3.63) is 52.1 Å². The van der Waals surface area contributed by atoms with E-state index in [-0.39, 0.29) is 5.82 Å². The highest BCUT2D eigenvalue weighted by atomic mass is 79.9. The number of rotatable bonds is 3. The molecule has 0 aliphatic heterocycles. The Labute approximate surface area is 101 Å². The van der Waals surface area contributed by atoms with E-state index in [0.717, 1.165) is 11.5 Å². The summed E-state index contributed by atoms with van der Waals surface area (Å²) in [5.74, 6) is 1.69. The fourth-order valence-corrected chi connectivity index (χ4v) is 1.77. The van der Waals surface area contributed by atoms with Crippen LogP contribution in [0.25, 0.3) is 0 Å². The zero-order chi connectivity index (χ0) is 11.5. The zero-order valence-corrected chi connectivity index (χ0v) is 10.3. The summed E-state index contributed by atoms with van der Waals surface area (Å²) in [5, 5.41) is 0. The summed E-state index contributed by atoms with van der Waals surface area (Å²) in [6, 6.07) is 8.12. The largest absolute Gasteiger partial charge is 0.486 e. The average Bonchev–Trinajstić information content (AvgIpc) is 2.60. The Morgan fingerprint density at radius 3 is 2.75 bits per heavy atom. The second kappa shape index (κ2) is 4.70. The maximum atomic E-state index is 13.0. The Balaban J connectivity index is 2.04. The van der Waals surface area contributed by atoms with Gasteiger partial charge in [0.05, 0.1) is 0 Å². The van der Waals surface area contributed by atoms with Crippen molar-refractivity contribution in [3.8, 4) is 5.75 Å². The van der Waals surface area contributed by atoms with E-state index < -0.39 is 0 Å². The van der Waals surface area contributed by atoms with Gasteiger partial charge in [0.25, 0.3) is 0 Å². The SMILES string of the molecule is Cc1ccc(COc2cc(F)cc(Br)c2)o1. The van der Waals surface area contributed by atoms with Crippen molar-refractivity contribution < 1.29 is 13.5 Å². The quantitative estimate of drug-likeness (QED) is 0.848. The monoisotopic (exact) mass is 284 g/mol. The summed E-state index contributed by atoms with van der Waals surface area (Å²) in [7, 11) is 0. The molecule has 0 amide bonds. The van der Waals surface area contributed by atoms with Gasteiger partial charge in [-0.05, 0) is 31.2 Å². The van der Waals surface area contributed by atoms with Crippen molar-refractivity contribution in [3.63, 3.8) is 0 Å². The molecule has 0 saturated carbocycles. The predicted octanol–water partition coefficient (Wildman–Crippen LogP) is 4.07. The first-order valence-electron chi connectivity index (χ1n) is 4.78. The first kappa shape index (κ1) is 11.2. The normalized spacial score (nSPS) is 10.4. The fourth-order valence-electron chi connectivity index (χ4n) is 1.33. The van der Waals surface area contributed by atoms with E-state index in [9.17, 15) is 4.39 Å². The van der Waals surface area contributed by atoms with Crippen LogP contribution in [0.2, 0.25) is 0 Å². The summed E-state index contributed by atoms with van der Waals surface area (Å²) in [4.78, 5) is 0. The van der Waals surface area contributed by atoms with E-state index in [2.05, 4.69) is 15.9 Å². The number of furan rings is 1. The summed E-state index contributed by atoms with van der Waals surface area (Å²) in [6.07, 6.45) is 0. The summed E-state index contributed by atoms with van der Waals surface area (Å²) < 4.78 is 24.4. The molecule has 0 aliphatic carbocycles. The van der Waals surface area contributed by atoms with Crippen LogP contribution in [-0.2, 0) is 6.61 Å². The van der Waals surface area contributed by atoms with Crippen molar-refractivity contribution in [1.82, 2.24) is 0 Å². The Morgan fingerprint density at radius 2 is 2.12 bits per heavy atom. The van der Waals surface area contributed by atoms with E-state index in [0.29, 0.717) is 16.8 Å². The molecule has 0 fully saturated rings. The molecular formula is C12H10BrFO2. The standard InChI is InChI=1S/C12H10BrFO2/c1-8-2-3-11(16-8)7-15-12-5-9(13)4-10(14)6-12/h2-6H,7H2,1H3. The molecular weight excluding hydrogens is 275 g/mol. The number of benzene rings is 1. The van der Waals surface area contributed by atoms with Crippen molar-refractivity contribution in [2.45, 2.75) is 13.5 Å². The maximum Gasteiger partial charge on any atom is 0.146 e. The maximum absolute atomic E-state index is 13.0. The summed E-state index contributed by atoms with van der Waals surface area (Å²) >= 11 is 3.20. The highest BCUT2D eigenvalue weighted by Crippen LogP contribution is 2.21. The molecule has 1 heterocycles. The molecule has 0 saturated heterocycles. The van der Waals surface area contributed by atoms with Gasteiger partial charge in [0.1, 0.15) is 29.7 Å². The first-order valence-corrected chi connectivity index (χ1v) is 5.57. The molecule has 16 heavy (non-hydrogen) atoms. The topological polar surface area (TPSA) is 22.4 Å². The molecule has 1 aromatic carbocycles. The smallest absolute Gasteiger partial charge is 0.146 e. The summed E-state index contributed by atoms with van der Waals surface area (Å²) in [6.45, 7) is 2.16. The molecule has 4 heteroatoms. The molecule has 2 nitrogen and oxygen atoms in total. The minimum Gasteiger partial charge on any atom is -0.486 e. The minimum absolute atomic E-state index is 0.295. The van der Waals surface area contributed by atoms with Crippen molar-refractivity contribution in [2.75, 3.05) is 0 Å². The van der Waals surface area contributed by atoms with Gasteiger partial charge in [-0.1, -0.05) is 15.9 Å². The highest BCUT2D eigenvalue weighted by Gasteiger charge is 2.02. The lowest BCUT2D eigenvalue weighted by Crippen LogP contribution is -1.94. The lowest BCUT2D eigenvalue weighted by atomic mass is 10.3. The second-order valence-electron chi connectivity index (χ2n) is 3.41. The third-order valence-electron chi connectivity index (χ3n) is 2.01. The van der Waals surface area contributed by atoms with Crippen molar-refractivity contribution in [2.24, 2.45) is 0 Å². The van der Waals surface area contributed by atoms with Crippen LogP contribution in [0.15, 0.2) is 39.2 Å². The molecule has 0 aliphatic rings. The molecule has 0 bridgehead atoms. The van der Waals surface area contributed by atoms with Gasteiger partial charge < -0.3 is 9.15 Å². The van der Waals surface area contributed by atoms with Gasteiger partial charge in [0, 0.05) is 10.5 Å². The van der Waals surface area contributed by atoms with E-state index in [1.165, 1.54) is 12.1 Å². The van der Waals surface area contributed by atoms with Crippen LogP contribution in [0, 0.1) is 12.7 Å². The Kier molecular flexibility index (Phi) is 3.29. The van der Waals surface area contributed by atoms with Gasteiger partial charge in [0.15, 0.2) is 0 Å². The number of aryl methyl sites for hydroxylation is 1. The predicted molar refractivity (Wildman–Crippen MR) is 61.9 cm³/mol. The molecule has 1 aromatic heterocycles. The molecule has 0 N–H and O–H groups in total. The van der Waals surface area contributed by atoms with E-state index in [1.54, 1.807) is 6.07 Å². The van der Waals surface area contributed by atoms with Gasteiger partial charge in [-0.25, -0.2) is 4.39 Å². The third kappa shape index (κ3) is 2.85. The van der Waals surface area contributed by atoms with Crippen LogP contribution in [0.3, 0.4) is 0 Å². The van der Waals surface area contributed by atoms with Crippen molar-refractivity contribution >= 4 is 15.9 Å². The Morgan fingerprint density at radius 1 is 1.31 bits per heavy atom. The molecule has 2 rings (SSSR count). The molecule has 0 spiro atoms. The van der Waals surface area contributed by atoms with Crippen LogP contribution in [0.5, 0.6) is 5.75 Å². The van der Waals surface area contributed by atoms with E-state index in [4.69, 9.17) is 9.15 Å². The van der Waals surface area contributed by atoms with Gasteiger partial charge in [-0.3, -0.25) is 0 Å².